The molecular formula is C20H22FN3O. The van der Waals surface area contributed by atoms with E-state index in [1.807, 2.05) is 12.1 Å². The number of ether oxygens (including phenoxy) is 1. The fourth-order valence-electron chi connectivity index (χ4n) is 3.27. The van der Waals surface area contributed by atoms with Crippen LogP contribution in [0.25, 0.3) is 21.8 Å². The standard InChI is InChI=1S/C20H22FN3O/c21-9-3-4-15-13-24(14-22-15)10-11-25-16-7-8-18-17-5-1-2-6-19(17)23-20(18)12-16/h1-2,5-8,12-13,22-23H,3-4,9-11,14H2. The predicted molar refractivity (Wildman–Crippen MR) is 99.3 cm³/mol. The molecule has 4 nitrogen and oxygen atoms in total. The van der Waals surface area contributed by atoms with Crippen LogP contribution in [0.4, 0.5) is 4.39 Å². The normalized spacial score (nSPS) is 14.1. The van der Waals surface area contributed by atoms with Crippen LogP contribution in [-0.2, 0) is 0 Å². The largest absolute Gasteiger partial charge is 0.492 e. The van der Waals surface area contributed by atoms with E-state index in [0.29, 0.717) is 13.0 Å². The van der Waals surface area contributed by atoms with E-state index in [9.17, 15) is 4.39 Å². The third-order valence-corrected chi connectivity index (χ3v) is 4.55. The summed E-state index contributed by atoms with van der Waals surface area (Å²) in [4.78, 5) is 5.60. The summed E-state index contributed by atoms with van der Waals surface area (Å²) in [5.74, 6) is 0.868. The fraction of sp³-hybridized carbons (Fsp3) is 0.300. The average molecular weight is 339 g/mol. The minimum absolute atomic E-state index is 0.266. The van der Waals surface area contributed by atoms with Gasteiger partial charge in [0, 0.05) is 34.3 Å². The molecule has 0 radical (unpaired) electrons. The fourth-order valence-corrected chi connectivity index (χ4v) is 3.27. The van der Waals surface area contributed by atoms with Gasteiger partial charge in [-0.2, -0.15) is 0 Å². The van der Waals surface area contributed by atoms with E-state index in [4.69, 9.17) is 4.74 Å². The number of nitrogens with one attached hydrogen (secondary N) is 2. The molecule has 0 bridgehead atoms. The highest BCUT2D eigenvalue weighted by Crippen LogP contribution is 2.28. The van der Waals surface area contributed by atoms with Crippen molar-refractivity contribution in [2.75, 3.05) is 26.5 Å². The first kappa shape index (κ1) is 15.8. The van der Waals surface area contributed by atoms with E-state index in [-0.39, 0.29) is 6.67 Å². The van der Waals surface area contributed by atoms with Crippen molar-refractivity contribution in [2.45, 2.75) is 12.8 Å². The number of hydrogen-bond acceptors (Lipinski definition) is 3. The van der Waals surface area contributed by atoms with Gasteiger partial charge >= 0.3 is 0 Å². The van der Waals surface area contributed by atoms with Crippen LogP contribution < -0.4 is 10.1 Å². The number of halogens is 1. The molecule has 2 N–H and O–H groups in total. The Balaban J connectivity index is 1.37. The number of aromatic amines is 1. The molecule has 0 saturated carbocycles. The monoisotopic (exact) mass is 339 g/mol. The van der Waals surface area contributed by atoms with Gasteiger partial charge in [-0.05, 0) is 31.0 Å². The summed E-state index contributed by atoms with van der Waals surface area (Å²) >= 11 is 0. The molecule has 1 aliphatic rings. The molecule has 2 aromatic carbocycles. The van der Waals surface area contributed by atoms with Crippen LogP contribution in [-0.4, -0.2) is 36.4 Å². The van der Waals surface area contributed by atoms with Crippen LogP contribution in [0.1, 0.15) is 12.8 Å². The van der Waals surface area contributed by atoms with Crippen molar-refractivity contribution in [1.82, 2.24) is 15.2 Å². The number of rotatable bonds is 7. The van der Waals surface area contributed by atoms with Crippen molar-refractivity contribution in [3.63, 3.8) is 0 Å². The van der Waals surface area contributed by atoms with Crippen LogP contribution in [0.2, 0.25) is 0 Å². The Morgan fingerprint density at radius 2 is 1.96 bits per heavy atom. The molecule has 0 spiro atoms. The topological polar surface area (TPSA) is 40.3 Å². The second-order valence-electron chi connectivity index (χ2n) is 6.32. The Morgan fingerprint density at radius 3 is 2.88 bits per heavy atom. The number of benzene rings is 2. The maximum Gasteiger partial charge on any atom is 0.121 e. The molecule has 4 rings (SSSR count). The Bertz CT molecular complexity index is 902. The highest BCUT2D eigenvalue weighted by Gasteiger charge is 2.11. The minimum atomic E-state index is -0.266. The number of H-pyrrole nitrogens is 1. The van der Waals surface area contributed by atoms with E-state index in [1.54, 1.807) is 0 Å². The zero-order chi connectivity index (χ0) is 17.1. The van der Waals surface area contributed by atoms with Crippen molar-refractivity contribution in [2.24, 2.45) is 0 Å². The van der Waals surface area contributed by atoms with Crippen LogP contribution in [0, 0.1) is 0 Å². The van der Waals surface area contributed by atoms with Gasteiger partial charge in [0.15, 0.2) is 0 Å². The van der Waals surface area contributed by atoms with E-state index in [1.165, 1.54) is 10.8 Å². The van der Waals surface area contributed by atoms with Crippen molar-refractivity contribution >= 4 is 21.8 Å². The van der Waals surface area contributed by atoms with E-state index < -0.39 is 0 Å². The number of hydrogen-bond donors (Lipinski definition) is 2. The van der Waals surface area contributed by atoms with Crippen LogP contribution in [0.3, 0.4) is 0 Å². The van der Waals surface area contributed by atoms with Gasteiger partial charge in [0.2, 0.25) is 0 Å². The second-order valence-corrected chi connectivity index (χ2v) is 6.32. The molecule has 0 amide bonds. The molecule has 0 aliphatic carbocycles. The lowest BCUT2D eigenvalue weighted by Gasteiger charge is -2.15. The molecule has 25 heavy (non-hydrogen) atoms. The third kappa shape index (κ3) is 3.40. The minimum Gasteiger partial charge on any atom is -0.492 e. The molecule has 3 aromatic rings. The highest BCUT2D eigenvalue weighted by atomic mass is 19.1. The average Bonchev–Trinajstić information content (AvgIpc) is 3.23. The summed E-state index contributed by atoms with van der Waals surface area (Å²) in [5, 5.41) is 5.74. The number of nitrogens with zero attached hydrogens (tertiary/aromatic N) is 1. The molecule has 2 heterocycles. The third-order valence-electron chi connectivity index (χ3n) is 4.55. The molecule has 1 aromatic heterocycles. The number of aromatic nitrogens is 1. The molecule has 5 heteroatoms. The Kier molecular flexibility index (Phi) is 4.46. The van der Waals surface area contributed by atoms with Gasteiger partial charge in [-0.25, -0.2) is 0 Å². The van der Waals surface area contributed by atoms with Crippen molar-refractivity contribution in [1.29, 1.82) is 0 Å². The maximum atomic E-state index is 12.2. The number of allylic oxidation sites excluding steroid dienone is 1. The van der Waals surface area contributed by atoms with Gasteiger partial charge in [0.25, 0.3) is 0 Å². The smallest absolute Gasteiger partial charge is 0.121 e. The second kappa shape index (κ2) is 7.05. The summed E-state index contributed by atoms with van der Waals surface area (Å²) < 4.78 is 18.1. The van der Waals surface area contributed by atoms with Gasteiger partial charge in [0.05, 0.1) is 25.4 Å². The SMILES string of the molecule is FCCCC1=CN(CCOc2ccc3c(c2)[nH]c2ccccc23)CN1. The molecule has 0 saturated heterocycles. The summed E-state index contributed by atoms with van der Waals surface area (Å²) in [7, 11) is 0. The molecule has 0 atom stereocenters. The van der Waals surface area contributed by atoms with Crippen LogP contribution in [0.15, 0.2) is 54.4 Å². The Labute approximate surface area is 146 Å². The quantitative estimate of drug-likeness (QED) is 0.679. The maximum absolute atomic E-state index is 12.2. The first-order valence-electron chi connectivity index (χ1n) is 8.71. The van der Waals surface area contributed by atoms with Crippen LogP contribution >= 0.6 is 0 Å². The first-order valence-corrected chi connectivity index (χ1v) is 8.71. The molecular weight excluding hydrogens is 317 g/mol. The Hall–Kier alpha value is -2.69. The predicted octanol–water partition coefficient (Wildman–Crippen LogP) is 4.15. The van der Waals surface area contributed by atoms with Crippen LogP contribution in [0.5, 0.6) is 5.75 Å². The number of para-hydroxylation sites is 1. The molecule has 0 fully saturated rings. The Morgan fingerprint density at radius 1 is 1.08 bits per heavy atom. The summed E-state index contributed by atoms with van der Waals surface area (Å²) in [5.41, 5.74) is 3.34. The van der Waals surface area contributed by atoms with E-state index in [2.05, 4.69) is 51.7 Å². The molecule has 130 valence electrons. The van der Waals surface area contributed by atoms with Crippen molar-refractivity contribution < 1.29 is 9.13 Å². The molecule has 1 aliphatic heterocycles. The zero-order valence-electron chi connectivity index (χ0n) is 14.1. The van der Waals surface area contributed by atoms with Gasteiger partial charge < -0.3 is 19.9 Å². The summed E-state index contributed by atoms with van der Waals surface area (Å²) in [6.45, 7) is 1.92. The molecule has 0 unspecified atom stereocenters. The first-order chi connectivity index (χ1) is 12.3. The lowest BCUT2D eigenvalue weighted by Crippen LogP contribution is -2.25. The lowest BCUT2D eigenvalue weighted by atomic mass is 10.1. The van der Waals surface area contributed by atoms with E-state index >= 15 is 0 Å². The van der Waals surface area contributed by atoms with Gasteiger partial charge in [-0.3, -0.25) is 4.39 Å². The lowest BCUT2D eigenvalue weighted by molar-refractivity contribution is 0.259. The summed E-state index contributed by atoms with van der Waals surface area (Å²) in [6.07, 6.45) is 3.42. The van der Waals surface area contributed by atoms with Gasteiger partial charge in [-0.1, -0.05) is 18.2 Å². The zero-order valence-corrected chi connectivity index (χ0v) is 14.1. The number of alkyl halides is 1. The van der Waals surface area contributed by atoms with Crippen molar-refractivity contribution in [3.05, 3.63) is 54.4 Å². The van der Waals surface area contributed by atoms with E-state index in [0.717, 1.165) is 42.1 Å². The number of fused-ring (bicyclic) bond motifs is 3. The summed E-state index contributed by atoms with van der Waals surface area (Å²) in [6, 6.07) is 14.5. The van der Waals surface area contributed by atoms with Gasteiger partial charge in [0.1, 0.15) is 12.4 Å². The van der Waals surface area contributed by atoms with Gasteiger partial charge in [-0.15, -0.1) is 0 Å². The highest BCUT2D eigenvalue weighted by molar-refractivity contribution is 6.07. The van der Waals surface area contributed by atoms with Crippen molar-refractivity contribution in [3.8, 4) is 5.75 Å².